The summed E-state index contributed by atoms with van der Waals surface area (Å²) in [7, 11) is -3.45. The minimum atomic E-state index is -3.45. The minimum Gasteiger partial charge on any atom is -0.332 e. The van der Waals surface area contributed by atoms with Crippen LogP contribution in [-0.4, -0.2) is 36.6 Å². The molecule has 9 heteroatoms. The summed E-state index contributed by atoms with van der Waals surface area (Å²) in [5, 5.41) is 4.03. The van der Waals surface area contributed by atoms with Crippen LogP contribution in [0.1, 0.15) is 33.9 Å². The van der Waals surface area contributed by atoms with Gasteiger partial charge in [-0.1, -0.05) is 18.6 Å². The summed E-state index contributed by atoms with van der Waals surface area (Å²) in [6, 6.07) is 11.5. The van der Waals surface area contributed by atoms with Crippen LogP contribution in [0.3, 0.4) is 0 Å². The van der Waals surface area contributed by atoms with E-state index in [1.54, 1.807) is 39.1 Å². The number of sulfonamides is 1. The molecule has 0 saturated carbocycles. The first-order valence-electron chi connectivity index (χ1n) is 9.94. The molecule has 1 fully saturated rings. The van der Waals surface area contributed by atoms with Gasteiger partial charge in [-0.05, 0) is 47.9 Å². The molecule has 0 spiro atoms. The lowest BCUT2D eigenvalue weighted by Crippen LogP contribution is -2.35. The van der Waals surface area contributed by atoms with Gasteiger partial charge in [0.05, 0.1) is 19.5 Å². The zero-order valence-electron chi connectivity index (χ0n) is 16.5. The zero-order valence-corrected chi connectivity index (χ0v) is 19.8. The molecule has 1 aliphatic rings. The van der Waals surface area contributed by atoms with Crippen molar-refractivity contribution in [3.05, 3.63) is 61.8 Å². The van der Waals surface area contributed by atoms with Crippen LogP contribution in [0, 0.1) is 0 Å². The molecule has 1 aliphatic heterocycles. The fourth-order valence-corrected chi connectivity index (χ4v) is 7.96. The topological polar surface area (TPSA) is 57.7 Å². The van der Waals surface area contributed by atoms with Crippen molar-refractivity contribution in [1.82, 2.24) is 9.21 Å². The first-order valence-corrected chi connectivity index (χ1v) is 14.0. The van der Waals surface area contributed by atoms with Gasteiger partial charge in [-0.25, -0.2) is 8.42 Å². The summed E-state index contributed by atoms with van der Waals surface area (Å²) in [6.07, 6.45) is 3.13. The number of rotatable bonds is 8. The third kappa shape index (κ3) is 5.20. The second kappa shape index (κ2) is 9.74. The quantitative estimate of drug-likeness (QED) is 0.465. The molecule has 4 rings (SSSR count). The largest absolute Gasteiger partial charge is 0.332 e. The van der Waals surface area contributed by atoms with Crippen LogP contribution < -0.4 is 0 Å². The highest BCUT2D eigenvalue weighted by atomic mass is 32.2. The number of carbonyl (C=O) groups excluding carboxylic acids is 1. The Bertz CT molecular complexity index is 1010. The summed E-state index contributed by atoms with van der Waals surface area (Å²) in [4.78, 5) is 18.0. The molecule has 0 radical (unpaired) electrons. The molecule has 1 saturated heterocycles. The van der Waals surface area contributed by atoms with E-state index in [4.69, 9.17) is 0 Å². The second-order valence-corrected chi connectivity index (χ2v) is 12.7. The fourth-order valence-electron chi connectivity index (χ4n) is 3.50. The minimum absolute atomic E-state index is 0.0144. The molecule has 0 aliphatic carbocycles. The van der Waals surface area contributed by atoms with Crippen LogP contribution in [0.4, 0.5) is 0 Å². The van der Waals surface area contributed by atoms with E-state index in [-0.39, 0.29) is 12.3 Å². The van der Waals surface area contributed by atoms with Crippen LogP contribution in [0.2, 0.25) is 0 Å². The van der Waals surface area contributed by atoms with Crippen molar-refractivity contribution in [2.75, 3.05) is 13.1 Å². The maximum atomic E-state index is 13.1. The Hall–Kier alpha value is -1.52. The van der Waals surface area contributed by atoms with Crippen molar-refractivity contribution in [2.24, 2.45) is 0 Å². The van der Waals surface area contributed by atoms with Crippen LogP contribution in [0.25, 0.3) is 0 Å². The standard InChI is InChI=1S/C21H24N2O3S4/c24-20(22(15-18-6-4-12-27-18)16-19-7-5-13-28-19)14-17-8-9-21(29-17)30(25,26)23-10-2-1-3-11-23/h4-9,12-13H,1-3,10-11,14-16H2. The number of thiophene rings is 3. The molecule has 3 aromatic rings. The lowest BCUT2D eigenvalue weighted by Gasteiger charge is -2.25. The zero-order chi connectivity index (χ0) is 21.0. The summed E-state index contributed by atoms with van der Waals surface area (Å²) < 4.78 is 27.7. The number of hydrogen-bond donors (Lipinski definition) is 0. The van der Waals surface area contributed by atoms with Gasteiger partial charge in [-0.15, -0.1) is 34.0 Å². The average molecular weight is 481 g/mol. The first kappa shape index (κ1) is 21.7. The Morgan fingerprint density at radius 1 is 0.900 bits per heavy atom. The van der Waals surface area contributed by atoms with E-state index < -0.39 is 10.0 Å². The van der Waals surface area contributed by atoms with E-state index in [1.165, 1.54) is 11.3 Å². The van der Waals surface area contributed by atoms with E-state index in [0.717, 1.165) is 33.9 Å². The maximum Gasteiger partial charge on any atom is 0.252 e. The third-order valence-electron chi connectivity index (χ3n) is 5.08. The summed E-state index contributed by atoms with van der Waals surface area (Å²) in [5.74, 6) is 0.0144. The highest BCUT2D eigenvalue weighted by Crippen LogP contribution is 2.28. The highest BCUT2D eigenvalue weighted by molar-refractivity contribution is 7.91. The van der Waals surface area contributed by atoms with Crippen molar-refractivity contribution in [3.8, 4) is 0 Å². The molecular weight excluding hydrogens is 457 g/mol. The third-order valence-corrected chi connectivity index (χ3v) is 10.3. The van der Waals surface area contributed by atoms with Gasteiger partial charge in [-0.3, -0.25) is 4.79 Å². The van der Waals surface area contributed by atoms with Crippen molar-refractivity contribution in [1.29, 1.82) is 0 Å². The molecule has 0 bridgehead atoms. The Labute approximate surface area is 189 Å². The normalized spacial score (nSPS) is 15.3. The number of hydrogen-bond acceptors (Lipinski definition) is 6. The first-order chi connectivity index (χ1) is 14.5. The van der Waals surface area contributed by atoms with Gasteiger partial charge in [0, 0.05) is 27.7 Å². The number of piperidine rings is 1. The number of carbonyl (C=O) groups is 1. The molecule has 160 valence electrons. The van der Waals surface area contributed by atoms with Gasteiger partial charge >= 0.3 is 0 Å². The van der Waals surface area contributed by atoms with E-state index in [2.05, 4.69) is 0 Å². The Kier molecular flexibility index (Phi) is 7.05. The molecule has 0 N–H and O–H groups in total. The molecule has 0 aromatic carbocycles. The van der Waals surface area contributed by atoms with Crippen molar-refractivity contribution < 1.29 is 13.2 Å². The molecule has 0 atom stereocenters. The predicted molar refractivity (Wildman–Crippen MR) is 124 cm³/mol. The van der Waals surface area contributed by atoms with Gasteiger partial charge in [0.1, 0.15) is 4.21 Å². The lowest BCUT2D eigenvalue weighted by atomic mass is 10.2. The second-order valence-electron chi connectivity index (χ2n) is 7.27. The van der Waals surface area contributed by atoms with Crippen molar-refractivity contribution >= 4 is 49.9 Å². The van der Waals surface area contributed by atoms with Gasteiger partial charge < -0.3 is 4.90 Å². The summed E-state index contributed by atoms with van der Waals surface area (Å²) in [6.45, 7) is 2.31. The Morgan fingerprint density at radius 2 is 1.53 bits per heavy atom. The lowest BCUT2D eigenvalue weighted by molar-refractivity contribution is -0.131. The predicted octanol–water partition coefficient (Wildman–Crippen LogP) is 4.82. The van der Waals surface area contributed by atoms with Gasteiger partial charge in [0.25, 0.3) is 10.0 Å². The SMILES string of the molecule is O=C(Cc1ccc(S(=O)(=O)N2CCCCC2)s1)N(Cc1cccs1)Cc1cccs1. The van der Waals surface area contributed by atoms with Gasteiger partial charge in [0.2, 0.25) is 5.91 Å². The molecule has 4 heterocycles. The van der Waals surface area contributed by atoms with Crippen LogP contribution >= 0.6 is 34.0 Å². The summed E-state index contributed by atoms with van der Waals surface area (Å²) in [5.41, 5.74) is 0. The van der Waals surface area contributed by atoms with E-state index >= 15 is 0 Å². The summed E-state index contributed by atoms with van der Waals surface area (Å²) >= 11 is 4.50. The monoisotopic (exact) mass is 480 g/mol. The fraction of sp³-hybridized carbons (Fsp3) is 0.381. The molecule has 0 unspecified atom stereocenters. The molecule has 30 heavy (non-hydrogen) atoms. The van der Waals surface area contributed by atoms with E-state index in [1.807, 2.05) is 39.9 Å². The average Bonchev–Trinajstić information content (AvgIpc) is 3.51. The molecule has 3 aromatic heterocycles. The molecular formula is C21H24N2O3S4. The van der Waals surface area contributed by atoms with Crippen LogP contribution in [-0.2, 0) is 34.3 Å². The van der Waals surface area contributed by atoms with E-state index in [9.17, 15) is 13.2 Å². The van der Waals surface area contributed by atoms with Gasteiger partial charge in [-0.2, -0.15) is 4.31 Å². The maximum absolute atomic E-state index is 13.1. The Morgan fingerprint density at radius 3 is 2.10 bits per heavy atom. The number of amides is 1. The smallest absolute Gasteiger partial charge is 0.252 e. The van der Waals surface area contributed by atoms with E-state index in [0.29, 0.717) is 30.4 Å². The Balaban J connectivity index is 1.47. The molecule has 5 nitrogen and oxygen atoms in total. The van der Waals surface area contributed by atoms with Crippen LogP contribution in [0.15, 0.2) is 51.4 Å². The van der Waals surface area contributed by atoms with Crippen molar-refractivity contribution in [2.45, 2.75) is 43.0 Å². The molecule has 1 amide bonds. The van der Waals surface area contributed by atoms with Crippen molar-refractivity contribution in [3.63, 3.8) is 0 Å². The number of nitrogens with zero attached hydrogens (tertiary/aromatic N) is 2. The highest BCUT2D eigenvalue weighted by Gasteiger charge is 2.28. The van der Waals surface area contributed by atoms with Crippen LogP contribution in [0.5, 0.6) is 0 Å². The van der Waals surface area contributed by atoms with Gasteiger partial charge in [0.15, 0.2) is 0 Å².